The summed E-state index contributed by atoms with van der Waals surface area (Å²) in [6.07, 6.45) is 5.72. The molecule has 0 radical (unpaired) electrons. The molecule has 0 amide bonds. The van der Waals surface area contributed by atoms with Gasteiger partial charge in [0.05, 0.1) is 17.9 Å². The Kier molecular flexibility index (Phi) is 3.64. The largest absolute Gasteiger partial charge is 0.343 e. The fraction of sp³-hybridized carbons (Fsp3) is 0.438. The maximum Gasteiger partial charge on any atom is 0.214 e. The summed E-state index contributed by atoms with van der Waals surface area (Å²) >= 11 is 1.61. The maximum absolute atomic E-state index is 4.70. The highest BCUT2D eigenvalue weighted by molar-refractivity contribution is 7.20. The zero-order chi connectivity index (χ0) is 15.9. The molecule has 1 unspecified atom stereocenters. The van der Waals surface area contributed by atoms with E-state index in [2.05, 4.69) is 55.8 Å². The normalized spacial score (nSPS) is 13.5. The lowest BCUT2D eigenvalue weighted by Gasteiger charge is -2.23. The van der Waals surface area contributed by atoms with Crippen LogP contribution in [0.1, 0.15) is 45.0 Å². The molecule has 3 aromatic heterocycles. The number of fused-ring (bicyclic) bond motifs is 1. The van der Waals surface area contributed by atoms with Crippen molar-refractivity contribution in [1.82, 2.24) is 19.6 Å². The van der Waals surface area contributed by atoms with Gasteiger partial charge in [-0.25, -0.2) is 9.50 Å². The minimum absolute atomic E-state index is 0.0441. The second kappa shape index (κ2) is 5.35. The maximum atomic E-state index is 4.70. The Hall–Kier alpha value is -1.95. The van der Waals surface area contributed by atoms with Gasteiger partial charge >= 0.3 is 0 Å². The summed E-state index contributed by atoms with van der Waals surface area (Å²) in [4.78, 5) is 12.0. The number of hydrogen-bond acceptors (Lipinski definition) is 5. The van der Waals surface area contributed by atoms with Crippen molar-refractivity contribution in [3.8, 4) is 0 Å². The van der Waals surface area contributed by atoms with E-state index in [0.29, 0.717) is 0 Å². The molecule has 3 rings (SSSR count). The van der Waals surface area contributed by atoms with Crippen molar-refractivity contribution in [2.45, 2.75) is 39.2 Å². The van der Waals surface area contributed by atoms with Crippen molar-refractivity contribution < 1.29 is 0 Å². The molecule has 0 saturated carbocycles. The van der Waals surface area contributed by atoms with E-state index < -0.39 is 0 Å². The highest BCUT2D eigenvalue weighted by atomic mass is 32.1. The van der Waals surface area contributed by atoms with Crippen LogP contribution in [0.3, 0.4) is 0 Å². The van der Waals surface area contributed by atoms with Gasteiger partial charge in [0.25, 0.3) is 0 Å². The summed E-state index contributed by atoms with van der Waals surface area (Å²) in [5, 5.41) is 5.63. The van der Waals surface area contributed by atoms with Crippen molar-refractivity contribution in [1.29, 1.82) is 0 Å². The molecule has 0 aliphatic rings. The Bertz CT molecular complexity index is 737. The van der Waals surface area contributed by atoms with Gasteiger partial charge in [0.2, 0.25) is 10.1 Å². The Balaban J connectivity index is 1.88. The van der Waals surface area contributed by atoms with Crippen molar-refractivity contribution in [3.05, 3.63) is 42.0 Å². The smallest absolute Gasteiger partial charge is 0.214 e. The van der Waals surface area contributed by atoms with Gasteiger partial charge in [0, 0.05) is 24.9 Å². The number of nitrogens with zero attached hydrogens (tertiary/aromatic N) is 5. The Morgan fingerprint density at radius 3 is 2.68 bits per heavy atom. The van der Waals surface area contributed by atoms with Gasteiger partial charge in [0.1, 0.15) is 0 Å². The molecule has 0 aliphatic carbocycles. The van der Waals surface area contributed by atoms with Crippen LogP contribution in [0.4, 0.5) is 5.13 Å². The first-order valence-corrected chi connectivity index (χ1v) is 8.17. The average molecular weight is 315 g/mol. The third-order valence-electron chi connectivity index (χ3n) is 3.85. The van der Waals surface area contributed by atoms with Crippen molar-refractivity contribution >= 4 is 21.4 Å². The number of anilines is 1. The molecule has 6 heteroatoms. The molecule has 0 saturated heterocycles. The van der Waals surface area contributed by atoms with E-state index in [-0.39, 0.29) is 11.5 Å². The lowest BCUT2D eigenvalue weighted by Crippen LogP contribution is -2.21. The summed E-state index contributed by atoms with van der Waals surface area (Å²) in [5.74, 6) is 0. The van der Waals surface area contributed by atoms with E-state index in [0.717, 1.165) is 15.8 Å². The van der Waals surface area contributed by atoms with Crippen LogP contribution in [0.2, 0.25) is 0 Å². The molecule has 3 aromatic rings. The van der Waals surface area contributed by atoms with E-state index in [9.17, 15) is 0 Å². The third kappa shape index (κ3) is 2.70. The van der Waals surface area contributed by atoms with Gasteiger partial charge < -0.3 is 4.90 Å². The Morgan fingerprint density at radius 1 is 1.32 bits per heavy atom. The van der Waals surface area contributed by atoms with Gasteiger partial charge in [-0.05, 0) is 18.6 Å². The van der Waals surface area contributed by atoms with Crippen LogP contribution in [0.5, 0.6) is 0 Å². The zero-order valence-electron chi connectivity index (χ0n) is 13.6. The van der Waals surface area contributed by atoms with E-state index in [1.807, 2.05) is 23.0 Å². The zero-order valence-corrected chi connectivity index (χ0v) is 14.4. The second-order valence-electron chi connectivity index (χ2n) is 6.56. The molecular formula is C16H21N5S. The number of pyridine rings is 1. The molecule has 116 valence electrons. The van der Waals surface area contributed by atoms with Crippen LogP contribution in [-0.4, -0.2) is 26.6 Å². The topological polar surface area (TPSA) is 46.3 Å². The molecule has 1 atom stereocenters. The van der Waals surface area contributed by atoms with Crippen LogP contribution in [0.25, 0.3) is 4.96 Å². The fourth-order valence-corrected chi connectivity index (χ4v) is 3.13. The summed E-state index contributed by atoms with van der Waals surface area (Å²) in [6.45, 7) is 8.65. The summed E-state index contributed by atoms with van der Waals surface area (Å²) in [6, 6.07) is 4.26. The van der Waals surface area contributed by atoms with Gasteiger partial charge in [-0.3, -0.25) is 4.98 Å². The highest BCUT2D eigenvalue weighted by Crippen LogP contribution is 2.30. The van der Waals surface area contributed by atoms with Crippen LogP contribution in [0, 0.1) is 0 Å². The number of imidazole rings is 1. The first-order valence-electron chi connectivity index (χ1n) is 7.36. The molecular weight excluding hydrogens is 294 g/mol. The predicted molar refractivity (Wildman–Crippen MR) is 90.6 cm³/mol. The highest BCUT2D eigenvalue weighted by Gasteiger charge is 2.21. The molecule has 0 bridgehead atoms. The lowest BCUT2D eigenvalue weighted by molar-refractivity contribution is 0.572. The van der Waals surface area contributed by atoms with Gasteiger partial charge in [-0.1, -0.05) is 38.2 Å². The molecule has 0 fully saturated rings. The standard InChI is InChI=1S/C16H21N5S/c1-11(12-7-6-8-17-9-12)20(5)15-19-21-10-13(16(2,3)4)18-14(21)22-15/h6-11H,1-5H3. The molecule has 3 heterocycles. The number of rotatable bonds is 3. The van der Waals surface area contributed by atoms with Crippen LogP contribution in [-0.2, 0) is 5.41 Å². The van der Waals surface area contributed by atoms with E-state index in [1.54, 1.807) is 17.5 Å². The fourth-order valence-electron chi connectivity index (χ4n) is 2.21. The molecule has 0 spiro atoms. The summed E-state index contributed by atoms with van der Waals surface area (Å²) in [7, 11) is 2.06. The molecule has 22 heavy (non-hydrogen) atoms. The summed E-state index contributed by atoms with van der Waals surface area (Å²) < 4.78 is 1.88. The molecule has 0 aromatic carbocycles. The van der Waals surface area contributed by atoms with Crippen LogP contribution < -0.4 is 4.90 Å². The molecule has 5 nitrogen and oxygen atoms in total. The quantitative estimate of drug-likeness (QED) is 0.739. The minimum atomic E-state index is 0.0441. The molecule has 0 aliphatic heterocycles. The Morgan fingerprint density at radius 2 is 2.09 bits per heavy atom. The van der Waals surface area contributed by atoms with E-state index in [1.165, 1.54) is 5.56 Å². The van der Waals surface area contributed by atoms with Crippen molar-refractivity contribution in [2.75, 3.05) is 11.9 Å². The average Bonchev–Trinajstić information content (AvgIpc) is 3.04. The number of aromatic nitrogens is 4. The van der Waals surface area contributed by atoms with Crippen molar-refractivity contribution in [2.24, 2.45) is 0 Å². The van der Waals surface area contributed by atoms with Crippen LogP contribution in [0.15, 0.2) is 30.7 Å². The molecule has 0 N–H and O–H groups in total. The minimum Gasteiger partial charge on any atom is -0.343 e. The van der Waals surface area contributed by atoms with Crippen LogP contribution >= 0.6 is 11.3 Å². The predicted octanol–water partition coefficient (Wildman–Crippen LogP) is 3.68. The Labute approximate surface area is 134 Å². The van der Waals surface area contributed by atoms with Gasteiger partial charge in [-0.15, -0.1) is 5.10 Å². The SMILES string of the molecule is CC(c1cccnc1)N(C)c1nn2cc(C(C)(C)C)nc2s1. The first-order chi connectivity index (χ1) is 10.4. The monoisotopic (exact) mass is 315 g/mol. The van der Waals surface area contributed by atoms with Crippen molar-refractivity contribution in [3.63, 3.8) is 0 Å². The van der Waals surface area contributed by atoms with E-state index >= 15 is 0 Å². The number of hydrogen-bond donors (Lipinski definition) is 0. The third-order valence-corrected chi connectivity index (χ3v) is 4.86. The van der Waals surface area contributed by atoms with E-state index in [4.69, 9.17) is 4.98 Å². The first kappa shape index (κ1) is 15.0. The van der Waals surface area contributed by atoms with Gasteiger partial charge in [-0.2, -0.15) is 0 Å². The second-order valence-corrected chi connectivity index (χ2v) is 7.50. The summed E-state index contributed by atoms with van der Waals surface area (Å²) in [5.41, 5.74) is 2.29. The van der Waals surface area contributed by atoms with Gasteiger partial charge in [0.15, 0.2) is 0 Å². The lowest BCUT2D eigenvalue weighted by atomic mass is 9.93.